The van der Waals surface area contributed by atoms with Crippen LogP contribution in [0.3, 0.4) is 0 Å². The summed E-state index contributed by atoms with van der Waals surface area (Å²) in [6.07, 6.45) is 0. The van der Waals surface area contributed by atoms with Crippen molar-refractivity contribution < 1.29 is 0 Å². The Morgan fingerprint density at radius 3 is 1.24 bits per heavy atom. The molecule has 0 heterocycles. The van der Waals surface area contributed by atoms with Gasteiger partial charge in [0.15, 0.2) is 0 Å². The molecule has 266 valence electrons. The van der Waals surface area contributed by atoms with Crippen molar-refractivity contribution in [3.8, 4) is 45.9 Å². The first-order valence-electron chi connectivity index (χ1n) is 19.9. The van der Waals surface area contributed by atoms with Crippen LogP contribution >= 0.6 is 0 Å². The van der Waals surface area contributed by atoms with Crippen molar-refractivity contribution in [2.75, 3.05) is 0 Å². The average molecular weight is 729 g/mol. The summed E-state index contributed by atoms with van der Waals surface area (Å²) < 4.78 is 0. The second-order valence-corrected chi connectivity index (χ2v) is 15.1. The quantitative estimate of drug-likeness (QED) is 0.123. The van der Waals surface area contributed by atoms with Crippen molar-refractivity contribution in [1.82, 2.24) is 0 Å². The summed E-state index contributed by atoms with van der Waals surface area (Å²) in [4.78, 5) is 0. The van der Waals surface area contributed by atoms with Crippen LogP contribution in [0.15, 0.2) is 194 Å². The van der Waals surface area contributed by atoms with Crippen LogP contribution in [0.4, 0.5) is 0 Å². The first kappa shape index (κ1) is 32.4. The molecule has 0 aliphatic heterocycles. The molecule has 0 saturated heterocycles. The minimum atomic E-state index is 0.999. The highest BCUT2D eigenvalue weighted by Gasteiger charge is 2.26. The predicted molar refractivity (Wildman–Crippen MR) is 245 cm³/mol. The molecule has 2 aliphatic carbocycles. The van der Waals surface area contributed by atoms with Gasteiger partial charge in [0.25, 0.3) is 0 Å². The zero-order chi connectivity index (χ0) is 38.2. The van der Waals surface area contributed by atoms with Gasteiger partial charge in [0.1, 0.15) is 0 Å². The van der Waals surface area contributed by atoms with Crippen LogP contribution in [-0.4, -0.2) is 0 Å². The molecule has 0 bridgehead atoms. The minimum absolute atomic E-state index is 0.999. The van der Waals surface area contributed by atoms with Gasteiger partial charge >= 0.3 is 0 Å². The lowest BCUT2D eigenvalue weighted by Gasteiger charge is -2.15. The third kappa shape index (κ3) is 4.67. The van der Waals surface area contributed by atoms with Gasteiger partial charge in [-0.2, -0.15) is 0 Å². The van der Waals surface area contributed by atoms with Crippen molar-refractivity contribution in [2.45, 2.75) is 0 Å². The fourth-order valence-corrected chi connectivity index (χ4v) is 9.83. The molecule has 0 nitrogen and oxygen atoms in total. The highest BCUT2D eigenvalue weighted by molar-refractivity contribution is 6.27. The summed E-state index contributed by atoms with van der Waals surface area (Å²) in [6.45, 7) is 0. The van der Waals surface area contributed by atoms with Gasteiger partial charge in [-0.25, -0.2) is 0 Å². The average Bonchev–Trinajstić information content (AvgIpc) is 4.01. The van der Waals surface area contributed by atoms with Crippen molar-refractivity contribution in [3.63, 3.8) is 0 Å². The first-order valence-corrected chi connectivity index (χ1v) is 19.9. The van der Waals surface area contributed by atoms with Gasteiger partial charge in [-0.1, -0.05) is 230 Å². The summed E-state index contributed by atoms with van der Waals surface area (Å²) in [5, 5.41) is 9.75. The Bertz CT molecular complexity index is 3120. The second kappa shape index (κ2) is 12.8. The summed E-state index contributed by atoms with van der Waals surface area (Å²) in [6, 6.07) is 70.0. The molecule has 10 aromatic rings. The standard InChI is InChI=1S/C58H32/c1-9-27-45-37(19-1)38-20-2-10-28-46(38)55(45)53(56-47-29-11-3-21-39(47)40-22-4-12-30-48(40)56)35-17-18-36-54(57-49-31-13-5-23-41(49)42-24-6-14-32-50(42)57)58-51-33-15-7-25-43(51)44-26-8-16-34-52(44)58/h1-16,19-34H/q-2. The number of allylic oxidation sites excluding steroid dienone is 2. The summed E-state index contributed by atoms with van der Waals surface area (Å²) in [5.74, 6) is 14.5. The Balaban J connectivity index is 1.17. The minimum Gasteiger partial charge on any atom is -0.122 e. The fourth-order valence-electron chi connectivity index (χ4n) is 9.83. The molecular formula is C58H32-2. The van der Waals surface area contributed by atoms with Gasteiger partial charge in [-0.05, 0) is 78.6 Å². The summed E-state index contributed by atoms with van der Waals surface area (Å²) in [7, 11) is 0. The number of benzene rings is 8. The molecule has 2 aliphatic rings. The molecule has 0 N–H and O–H groups in total. The fraction of sp³-hybridized carbons (Fsp3) is 0. The molecule has 0 fully saturated rings. The molecule has 12 rings (SSSR count). The molecule has 0 aromatic heterocycles. The van der Waals surface area contributed by atoms with Gasteiger partial charge in [0, 0.05) is 0 Å². The van der Waals surface area contributed by atoms with E-state index in [-0.39, 0.29) is 0 Å². The topological polar surface area (TPSA) is 0 Å². The van der Waals surface area contributed by atoms with Crippen LogP contribution in [0, 0.1) is 23.7 Å². The van der Waals surface area contributed by atoms with Gasteiger partial charge in [0.2, 0.25) is 0 Å². The lowest BCUT2D eigenvalue weighted by Crippen LogP contribution is -1.91. The Hall–Kier alpha value is -7.90. The molecule has 0 radical (unpaired) electrons. The highest BCUT2D eigenvalue weighted by atomic mass is 14.3. The molecule has 0 atom stereocenters. The molecule has 0 spiro atoms. The first-order chi connectivity index (χ1) is 28.8. The number of hydrogen-bond donors (Lipinski definition) is 0. The summed E-state index contributed by atoms with van der Waals surface area (Å²) in [5.41, 5.74) is 16.4. The molecule has 0 amide bonds. The zero-order valence-corrected chi connectivity index (χ0v) is 31.5. The smallest absolute Gasteiger partial charge is 0.0104 e. The Kier molecular flexibility index (Phi) is 7.16. The number of fused-ring (bicyclic) bond motifs is 12. The predicted octanol–water partition coefficient (Wildman–Crippen LogP) is 14.3. The maximum absolute atomic E-state index is 3.77. The molecule has 0 heteroatoms. The molecule has 0 saturated carbocycles. The Morgan fingerprint density at radius 1 is 0.328 bits per heavy atom. The largest absolute Gasteiger partial charge is 0.122 e. The van der Waals surface area contributed by atoms with Crippen molar-refractivity contribution >= 4 is 65.4 Å². The van der Waals surface area contributed by atoms with E-state index in [0.717, 1.165) is 33.4 Å². The SMILES string of the molecule is C(C#CC(=C1c2ccccc2-c2ccccc21)[c-]1c2ccccc2c2ccccc21)#CC(=C1c2ccccc2-c2ccccc21)c1c2ccccc2c2cccc[c-]12. The Morgan fingerprint density at radius 2 is 0.707 bits per heavy atom. The number of rotatable bonds is 2. The van der Waals surface area contributed by atoms with Gasteiger partial charge < -0.3 is 0 Å². The van der Waals surface area contributed by atoms with Crippen molar-refractivity contribution in [1.29, 1.82) is 0 Å². The van der Waals surface area contributed by atoms with Crippen LogP contribution in [0.1, 0.15) is 33.4 Å². The van der Waals surface area contributed by atoms with E-state index < -0.39 is 0 Å². The van der Waals surface area contributed by atoms with Gasteiger partial charge in [-0.3, -0.25) is 0 Å². The normalized spacial score (nSPS) is 12.1. The van der Waals surface area contributed by atoms with E-state index >= 15 is 0 Å². The van der Waals surface area contributed by atoms with E-state index in [0.29, 0.717) is 0 Å². The molecule has 58 heavy (non-hydrogen) atoms. The van der Waals surface area contributed by atoms with Crippen molar-refractivity contribution in [2.24, 2.45) is 0 Å². The van der Waals surface area contributed by atoms with E-state index in [1.807, 2.05) is 0 Å². The molecule has 0 unspecified atom stereocenters. The van der Waals surface area contributed by atoms with Gasteiger partial charge in [-0.15, -0.1) is 30.2 Å². The monoisotopic (exact) mass is 728 g/mol. The lowest BCUT2D eigenvalue weighted by atomic mass is 9.91. The van der Waals surface area contributed by atoms with Crippen LogP contribution in [0.25, 0.3) is 87.6 Å². The van der Waals surface area contributed by atoms with E-state index in [2.05, 4.69) is 218 Å². The van der Waals surface area contributed by atoms with E-state index in [9.17, 15) is 0 Å². The van der Waals surface area contributed by atoms with E-state index in [1.165, 1.54) is 87.6 Å². The maximum atomic E-state index is 3.77. The molecular weight excluding hydrogens is 697 g/mol. The second-order valence-electron chi connectivity index (χ2n) is 15.1. The van der Waals surface area contributed by atoms with Crippen LogP contribution in [-0.2, 0) is 0 Å². The third-order valence-corrected chi connectivity index (χ3v) is 12.2. The third-order valence-electron chi connectivity index (χ3n) is 12.2. The van der Waals surface area contributed by atoms with E-state index in [4.69, 9.17) is 0 Å². The number of hydrogen-bond acceptors (Lipinski definition) is 0. The lowest BCUT2D eigenvalue weighted by molar-refractivity contribution is 1.65. The van der Waals surface area contributed by atoms with Crippen LogP contribution < -0.4 is 0 Å². The van der Waals surface area contributed by atoms with Crippen molar-refractivity contribution in [3.05, 3.63) is 228 Å². The highest BCUT2D eigenvalue weighted by Crippen LogP contribution is 2.51. The maximum Gasteiger partial charge on any atom is -0.0104 e. The summed E-state index contributed by atoms with van der Waals surface area (Å²) >= 11 is 0. The Labute approximate surface area is 337 Å². The van der Waals surface area contributed by atoms with E-state index in [1.54, 1.807) is 0 Å². The zero-order valence-electron chi connectivity index (χ0n) is 31.5. The molecule has 10 aromatic carbocycles. The van der Waals surface area contributed by atoms with Crippen LogP contribution in [0.5, 0.6) is 0 Å². The van der Waals surface area contributed by atoms with Gasteiger partial charge in [0.05, 0.1) is 0 Å². The van der Waals surface area contributed by atoms with Crippen LogP contribution in [0.2, 0.25) is 0 Å².